The molecule has 2 rings (SSSR count). The molecule has 3 atom stereocenters. The first-order valence-electron chi connectivity index (χ1n) is 7.10. The highest BCUT2D eigenvalue weighted by molar-refractivity contribution is 9.09. The fraction of sp³-hybridized carbons (Fsp3) is 0.625. The minimum atomic E-state index is 0.0710. The molecule has 0 heterocycles. The highest BCUT2D eigenvalue weighted by Gasteiger charge is 2.26. The summed E-state index contributed by atoms with van der Waals surface area (Å²) in [6.45, 7) is 2.30. The van der Waals surface area contributed by atoms with E-state index in [2.05, 4.69) is 28.9 Å². The molecule has 1 fully saturated rings. The van der Waals surface area contributed by atoms with E-state index >= 15 is 0 Å². The summed E-state index contributed by atoms with van der Waals surface area (Å²) in [7, 11) is 1.72. The smallest absolute Gasteiger partial charge is 0.124 e. The van der Waals surface area contributed by atoms with Crippen molar-refractivity contribution in [1.82, 2.24) is 0 Å². The molecule has 0 aromatic heterocycles. The topological polar surface area (TPSA) is 18.5 Å². The molecule has 19 heavy (non-hydrogen) atoms. The van der Waals surface area contributed by atoms with Gasteiger partial charge in [0.15, 0.2) is 0 Å². The van der Waals surface area contributed by atoms with Gasteiger partial charge in [0.05, 0.1) is 19.3 Å². The van der Waals surface area contributed by atoms with Crippen LogP contribution in [-0.2, 0) is 4.74 Å². The van der Waals surface area contributed by atoms with E-state index < -0.39 is 0 Å². The number of ether oxygens (including phenoxy) is 2. The molecule has 0 aliphatic heterocycles. The summed E-state index contributed by atoms with van der Waals surface area (Å²) in [5, 5.41) is 0.802. The van der Waals surface area contributed by atoms with Gasteiger partial charge in [-0.1, -0.05) is 53.9 Å². The largest absolute Gasteiger partial charge is 0.496 e. The number of benzene rings is 1. The van der Waals surface area contributed by atoms with E-state index in [9.17, 15) is 0 Å². The zero-order chi connectivity index (χ0) is 13.7. The molecule has 2 nitrogen and oxygen atoms in total. The van der Waals surface area contributed by atoms with Crippen LogP contribution in [0.2, 0.25) is 0 Å². The van der Waals surface area contributed by atoms with Gasteiger partial charge >= 0.3 is 0 Å². The molecule has 0 bridgehead atoms. The summed E-state index contributed by atoms with van der Waals surface area (Å²) < 4.78 is 11.8. The Balaban J connectivity index is 2.10. The van der Waals surface area contributed by atoms with Crippen LogP contribution in [-0.4, -0.2) is 18.5 Å². The maximum atomic E-state index is 6.35. The minimum absolute atomic E-state index is 0.0710. The maximum absolute atomic E-state index is 6.35. The number of hydrogen-bond acceptors (Lipinski definition) is 2. The van der Waals surface area contributed by atoms with Gasteiger partial charge in [-0.15, -0.1) is 0 Å². The lowest BCUT2D eigenvalue weighted by Crippen LogP contribution is -2.28. The Morgan fingerprint density at radius 3 is 2.68 bits per heavy atom. The van der Waals surface area contributed by atoms with E-state index in [0.717, 1.165) is 16.6 Å². The minimum Gasteiger partial charge on any atom is -0.496 e. The van der Waals surface area contributed by atoms with Crippen LogP contribution in [0.25, 0.3) is 0 Å². The van der Waals surface area contributed by atoms with Crippen molar-refractivity contribution in [1.29, 1.82) is 0 Å². The Morgan fingerprint density at radius 1 is 1.26 bits per heavy atom. The third kappa shape index (κ3) is 3.73. The lowest BCUT2D eigenvalue weighted by molar-refractivity contribution is -0.0475. The van der Waals surface area contributed by atoms with Gasteiger partial charge in [0.25, 0.3) is 0 Å². The third-order valence-corrected chi connectivity index (χ3v) is 4.59. The normalized spacial score (nSPS) is 25.0. The molecule has 1 aromatic carbocycles. The van der Waals surface area contributed by atoms with Crippen molar-refractivity contribution in [3.63, 3.8) is 0 Å². The van der Waals surface area contributed by atoms with Gasteiger partial charge in [0.1, 0.15) is 5.75 Å². The monoisotopic (exact) mass is 326 g/mol. The first kappa shape index (κ1) is 14.9. The molecule has 3 heteroatoms. The van der Waals surface area contributed by atoms with Gasteiger partial charge in [-0.05, 0) is 24.8 Å². The molecular formula is C16H23BrO2. The van der Waals surface area contributed by atoms with Crippen molar-refractivity contribution >= 4 is 15.9 Å². The van der Waals surface area contributed by atoms with Crippen molar-refractivity contribution in [3.8, 4) is 5.75 Å². The lowest BCUT2D eigenvalue weighted by Gasteiger charge is -2.32. The second-order valence-electron chi connectivity index (χ2n) is 5.32. The first-order valence-corrected chi connectivity index (χ1v) is 8.22. The summed E-state index contributed by atoms with van der Waals surface area (Å²) in [6.07, 6.45) is 5.54. The lowest BCUT2D eigenvalue weighted by atomic mass is 9.88. The Kier molecular flexibility index (Phi) is 5.71. The molecule has 0 amide bonds. The van der Waals surface area contributed by atoms with Crippen LogP contribution < -0.4 is 4.74 Å². The van der Waals surface area contributed by atoms with Crippen molar-refractivity contribution in [2.45, 2.75) is 44.8 Å². The zero-order valence-electron chi connectivity index (χ0n) is 11.8. The Morgan fingerprint density at radius 2 is 2.00 bits per heavy atom. The molecular weight excluding hydrogens is 304 g/mol. The summed E-state index contributed by atoms with van der Waals surface area (Å²) in [6, 6.07) is 8.13. The van der Waals surface area contributed by atoms with Gasteiger partial charge in [0, 0.05) is 10.9 Å². The molecule has 0 N–H and O–H groups in total. The van der Waals surface area contributed by atoms with E-state index in [1.54, 1.807) is 7.11 Å². The second-order valence-corrected chi connectivity index (χ2v) is 5.97. The SMILES string of the molecule is COc1ccccc1C(CBr)OC1CCCCC1C. The van der Waals surface area contributed by atoms with Crippen LogP contribution in [0, 0.1) is 5.92 Å². The van der Waals surface area contributed by atoms with Crippen molar-refractivity contribution in [2.75, 3.05) is 12.4 Å². The van der Waals surface area contributed by atoms with Crippen molar-refractivity contribution < 1.29 is 9.47 Å². The van der Waals surface area contributed by atoms with Gasteiger partial charge in [-0.3, -0.25) is 0 Å². The number of hydrogen-bond donors (Lipinski definition) is 0. The van der Waals surface area contributed by atoms with Crippen LogP contribution >= 0.6 is 15.9 Å². The Hall–Kier alpha value is -0.540. The summed E-state index contributed by atoms with van der Waals surface area (Å²) >= 11 is 3.58. The third-order valence-electron chi connectivity index (χ3n) is 4.00. The second kappa shape index (κ2) is 7.30. The summed E-state index contributed by atoms with van der Waals surface area (Å²) in [5.41, 5.74) is 1.14. The Labute approximate surface area is 124 Å². The fourth-order valence-electron chi connectivity index (χ4n) is 2.82. The van der Waals surface area contributed by atoms with Gasteiger partial charge in [0.2, 0.25) is 0 Å². The van der Waals surface area contributed by atoms with E-state index in [4.69, 9.17) is 9.47 Å². The fourth-order valence-corrected chi connectivity index (χ4v) is 3.32. The van der Waals surface area contributed by atoms with E-state index in [1.165, 1.54) is 25.7 Å². The summed E-state index contributed by atoms with van der Waals surface area (Å²) in [5.74, 6) is 1.57. The van der Waals surface area contributed by atoms with Gasteiger partial charge in [-0.25, -0.2) is 0 Å². The number of halogens is 1. The van der Waals surface area contributed by atoms with E-state index in [-0.39, 0.29) is 6.10 Å². The summed E-state index contributed by atoms with van der Waals surface area (Å²) in [4.78, 5) is 0. The molecule has 106 valence electrons. The van der Waals surface area contributed by atoms with E-state index in [0.29, 0.717) is 12.0 Å². The van der Waals surface area contributed by atoms with Crippen LogP contribution in [0.15, 0.2) is 24.3 Å². The van der Waals surface area contributed by atoms with Crippen LogP contribution in [0.3, 0.4) is 0 Å². The highest BCUT2D eigenvalue weighted by atomic mass is 79.9. The van der Waals surface area contributed by atoms with Crippen molar-refractivity contribution in [3.05, 3.63) is 29.8 Å². The zero-order valence-corrected chi connectivity index (χ0v) is 13.4. The first-order chi connectivity index (χ1) is 9.26. The predicted molar refractivity (Wildman–Crippen MR) is 82.0 cm³/mol. The average Bonchev–Trinajstić information content (AvgIpc) is 2.46. The van der Waals surface area contributed by atoms with Gasteiger partial charge < -0.3 is 9.47 Å². The Bertz CT molecular complexity index is 394. The number of alkyl halides is 1. The van der Waals surface area contributed by atoms with Gasteiger partial charge in [-0.2, -0.15) is 0 Å². The number of rotatable bonds is 5. The van der Waals surface area contributed by atoms with Crippen molar-refractivity contribution in [2.24, 2.45) is 5.92 Å². The average molecular weight is 327 g/mol. The standard InChI is InChI=1S/C16H23BrO2/c1-12-7-3-5-9-14(12)19-16(11-17)13-8-4-6-10-15(13)18-2/h4,6,8,10,12,14,16H,3,5,7,9,11H2,1-2H3. The molecule has 0 saturated heterocycles. The number of methoxy groups -OCH3 is 1. The van der Waals surface area contributed by atoms with Crippen LogP contribution in [0.1, 0.15) is 44.3 Å². The van der Waals surface area contributed by atoms with Crippen LogP contribution in [0.4, 0.5) is 0 Å². The molecule has 3 unspecified atom stereocenters. The molecule has 0 spiro atoms. The molecule has 1 aliphatic rings. The highest BCUT2D eigenvalue weighted by Crippen LogP contribution is 2.34. The molecule has 0 radical (unpaired) electrons. The molecule has 1 aliphatic carbocycles. The van der Waals surface area contributed by atoms with E-state index in [1.807, 2.05) is 18.2 Å². The molecule has 1 saturated carbocycles. The molecule has 1 aromatic rings. The predicted octanol–water partition coefficient (Wildman–Crippen LogP) is 4.73. The van der Waals surface area contributed by atoms with Crippen LogP contribution in [0.5, 0.6) is 5.75 Å². The number of para-hydroxylation sites is 1. The quantitative estimate of drug-likeness (QED) is 0.728. The maximum Gasteiger partial charge on any atom is 0.124 e.